The largest absolute Gasteiger partial charge is 0.345 e. The van der Waals surface area contributed by atoms with E-state index in [1.165, 1.54) is 48.2 Å². The molecule has 0 unspecified atom stereocenters. The fourth-order valence-electron chi connectivity index (χ4n) is 3.60. The summed E-state index contributed by atoms with van der Waals surface area (Å²) in [6.07, 6.45) is 1.61. The van der Waals surface area contributed by atoms with Gasteiger partial charge in [-0.2, -0.15) is 0 Å². The molecule has 2 heterocycles. The zero-order valence-corrected chi connectivity index (χ0v) is 21.9. The predicted octanol–water partition coefficient (Wildman–Crippen LogP) is 4.22. The topological polar surface area (TPSA) is 145 Å². The maximum atomic E-state index is 12.9. The van der Waals surface area contributed by atoms with Crippen LogP contribution >= 0.6 is 23.1 Å². The number of thiazole rings is 1. The van der Waals surface area contributed by atoms with Crippen LogP contribution in [0.2, 0.25) is 0 Å². The maximum Gasteiger partial charge on any atom is 0.273 e. The molecule has 2 aromatic heterocycles. The highest BCUT2D eigenvalue weighted by atomic mass is 32.2. The number of rotatable bonds is 9. The molecule has 11 nitrogen and oxygen atoms in total. The van der Waals surface area contributed by atoms with Crippen molar-refractivity contribution in [2.75, 3.05) is 11.1 Å². The second kappa shape index (κ2) is 11.3. The van der Waals surface area contributed by atoms with Gasteiger partial charge in [-0.1, -0.05) is 30.0 Å². The smallest absolute Gasteiger partial charge is 0.273 e. The molecule has 0 atom stereocenters. The summed E-state index contributed by atoms with van der Waals surface area (Å²) in [5, 5.41) is 28.1. The van der Waals surface area contributed by atoms with Crippen molar-refractivity contribution in [2.45, 2.75) is 32.5 Å². The van der Waals surface area contributed by atoms with Crippen molar-refractivity contribution in [1.29, 1.82) is 0 Å². The molecule has 2 N–H and O–H groups in total. The van der Waals surface area contributed by atoms with Crippen LogP contribution in [0.1, 0.15) is 32.9 Å². The Bertz CT molecular complexity index is 1470. The number of nitro groups is 1. The number of nitrogens with one attached hydrogen (secondary N) is 2. The molecule has 0 aliphatic rings. The van der Waals surface area contributed by atoms with Crippen LogP contribution in [0.3, 0.4) is 0 Å². The highest BCUT2D eigenvalue weighted by molar-refractivity contribution is 7.99. The van der Waals surface area contributed by atoms with Crippen LogP contribution in [0.5, 0.6) is 0 Å². The van der Waals surface area contributed by atoms with Crippen LogP contribution in [-0.2, 0) is 11.3 Å². The summed E-state index contributed by atoms with van der Waals surface area (Å²) in [4.78, 5) is 40.1. The molecule has 4 aromatic rings. The van der Waals surface area contributed by atoms with E-state index < -0.39 is 10.8 Å². The van der Waals surface area contributed by atoms with Gasteiger partial charge in [-0.05, 0) is 44.0 Å². The molecule has 13 heteroatoms. The standard InChI is InChI=1S/C24H23N7O4S2/c1-14-7-8-15(2)19(11-14)30-20(12-26-22(33)17-5-4-6-18(16(17)3)31(34)35)28-29-24(30)37-13-21(32)27-23-25-9-10-36-23/h4-11H,12-13H2,1-3H3,(H,26,33)(H,25,27,32). The van der Waals surface area contributed by atoms with Crippen LogP contribution < -0.4 is 10.6 Å². The fraction of sp³-hybridized carbons (Fsp3) is 0.208. The molecule has 0 fully saturated rings. The van der Waals surface area contributed by atoms with E-state index >= 15 is 0 Å². The Kier molecular flexibility index (Phi) is 7.94. The maximum absolute atomic E-state index is 12.9. The SMILES string of the molecule is Cc1ccc(C)c(-n2c(CNC(=O)c3cccc([N+](=O)[O-])c3C)nnc2SCC(=O)Nc2nccs2)c1. The Balaban J connectivity index is 1.58. The van der Waals surface area contributed by atoms with E-state index in [9.17, 15) is 19.7 Å². The molecule has 4 rings (SSSR count). The molecule has 0 saturated heterocycles. The van der Waals surface area contributed by atoms with Crippen molar-refractivity contribution < 1.29 is 14.5 Å². The third-order valence-electron chi connectivity index (χ3n) is 5.47. The van der Waals surface area contributed by atoms with Crippen molar-refractivity contribution in [1.82, 2.24) is 25.1 Å². The van der Waals surface area contributed by atoms with Crippen LogP contribution in [0.25, 0.3) is 5.69 Å². The van der Waals surface area contributed by atoms with Crippen LogP contribution in [0.4, 0.5) is 10.8 Å². The molecule has 0 aliphatic heterocycles. The number of amides is 2. The van der Waals surface area contributed by atoms with E-state index in [-0.39, 0.29) is 35.0 Å². The quantitative estimate of drug-likeness (QED) is 0.183. The van der Waals surface area contributed by atoms with Gasteiger partial charge in [0.2, 0.25) is 5.91 Å². The number of carbonyl (C=O) groups is 2. The highest BCUT2D eigenvalue weighted by Gasteiger charge is 2.21. The molecule has 190 valence electrons. The fourth-order valence-corrected chi connectivity index (χ4v) is 4.91. The molecule has 2 amide bonds. The Labute approximate surface area is 220 Å². The first-order valence-corrected chi connectivity index (χ1v) is 13.0. The van der Waals surface area contributed by atoms with E-state index in [0.29, 0.717) is 16.1 Å². The number of anilines is 1. The lowest BCUT2D eigenvalue weighted by Crippen LogP contribution is -2.25. The summed E-state index contributed by atoms with van der Waals surface area (Å²) in [5.74, 6) is -0.157. The summed E-state index contributed by atoms with van der Waals surface area (Å²) in [7, 11) is 0. The Morgan fingerprint density at radius 3 is 2.70 bits per heavy atom. The van der Waals surface area contributed by atoms with Gasteiger partial charge in [0.15, 0.2) is 16.1 Å². The molecule has 0 radical (unpaired) electrons. The summed E-state index contributed by atoms with van der Waals surface area (Å²) >= 11 is 2.54. The number of aryl methyl sites for hydroxylation is 2. The molecular weight excluding hydrogens is 514 g/mol. The van der Waals surface area contributed by atoms with Gasteiger partial charge < -0.3 is 10.6 Å². The third-order valence-corrected chi connectivity index (χ3v) is 7.09. The summed E-state index contributed by atoms with van der Waals surface area (Å²) in [6, 6.07) is 10.3. The minimum atomic E-state index is -0.516. The number of benzene rings is 2. The summed E-state index contributed by atoms with van der Waals surface area (Å²) in [6.45, 7) is 5.48. The summed E-state index contributed by atoms with van der Waals surface area (Å²) < 4.78 is 1.81. The lowest BCUT2D eigenvalue weighted by atomic mass is 10.1. The van der Waals surface area contributed by atoms with E-state index in [0.717, 1.165) is 16.8 Å². The van der Waals surface area contributed by atoms with Crippen molar-refractivity contribution in [3.8, 4) is 5.69 Å². The zero-order valence-electron chi connectivity index (χ0n) is 20.2. The summed E-state index contributed by atoms with van der Waals surface area (Å²) in [5.41, 5.74) is 3.17. The number of nitrogens with zero attached hydrogens (tertiary/aromatic N) is 5. The van der Waals surface area contributed by atoms with Crippen LogP contribution in [0, 0.1) is 30.9 Å². The Morgan fingerprint density at radius 1 is 1.16 bits per heavy atom. The lowest BCUT2D eigenvalue weighted by molar-refractivity contribution is -0.385. The molecule has 0 saturated carbocycles. The lowest BCUT2D eigenvalue weighted by Gasteiger charge is -2.14. The molecule has 0 aliphatic carbocycles. The van der Waals surface area contributed by atoms with E-state index in [1.807, 2.05) is 36.6 Å². The number of carbonyl (C=O) groups excluding carboxylic acids is 2. The van der Waals surface area contributed by atoms with Gasteiger partial charge in [-0.3, -0.25) is 24.3 Å². The third kappa shape index (κ3) is 6.01. The Hall–Kier alpha value is -4.10. The van der Waals surface area contributed by atoms with Crippen LogP contribution in [0.15, 0.2) is 53.1 Å². The van der Waals surface area contributed by atoms with Gasteiger partial charge in [0.05, 0.1) is 22.9 Å². The van der Waals surface area contributed by atoms with Crippen molar-refractivity contribution >= 4 is 45.7 Å². The van der Waals surface area contributed by atoms with Gasteiger partial charge in [-0.25, -0.2) is 4.98 Å². The van der Waals surface area contributed by atoms with Crippen molar-refractivity contribution in [3.05, 3.63) is 86.2 Å². The number of hydrogen-bond acceptors (Lipinski definition) is 9. The monoisotopic (exact) mass is 537 g/mol. The molecule has 37 heavy (non-hydrogen) atoms. The predicted molar refractivity (Wildman–Crippen MR) is 141 cm³/mol. The van der Waals surface area contributed by atoms with E-state index in [4.69, 9.17) is 0 Å². The van der Waals surface area contributed by atoms with Gasteiger partial charge in [-0.15, -0.1) is 21.5 Å². The zero-order chi connectivity index (χ0) is 26.5. The molecular formula is C24H23N7O4S2. The Morgan fingerprint density at radius 2 is 1.97 bits per heavy atom. The number of thioether (sulfide) groups is 1. The first kappa shape index (κ1) is 26.0. The van der Waals surface area contributed by atoms with Crippen LogP contribution in [-0.4, -0.2) is 42.2 Å². The molecule has 0 bridgehead atoms. The van der Waals surface area contributed by atoms with Gasteiger partial charge in [0, 0.05) is 28.8 Å². The van der Waals surface area contributed by atoms with E-state index in [2.05, 4.69) is 25.8 Å². The van der Waals surface area contributed by atoms with Crippen molar-refractivity contribution in [3.63, 3.8) is 0 Å². The molecule has 2 aromatic carbocycles. The average Bonchev–Trinajstić information content (AvgIpc) is 3.52. The number of nitro benzene ring substituents is 1. The first-order chi connectivity index (χ1) is 17.7. The van der Waals surface area contributed by atoms with Crippen molar-refractivity contribution in [2.24, 2.45) is 0 Å². The second-order valence-corrected chi connectivity index (χ2v) is 9.92. The average molecular weight is 538 g/mol. The normalized spacial score (nSPS) is 10.8. The van der Waals surface area contributed by atoms with E-state index in [1.54, 1.807) is 11.6 Å². The highest BCUT2D eigenvalue weighted by Crippen LogP contribution is 2.26. The van der Waals surface area contributed by atoms with Gasteiger partial charge in [0.25, 0.3) is 11.6 Å². The second-order valence-electron chi connectivity index (χ2n) is 8.09. The number of hydrogen-bond donors (Lipinski definition) is 2. The molecule has 0 spiro atoms. The van der Waals surface area contributed by atoms with Gasteiger partial charge >= 0.3 is 0 Å². The minimum Gasteiger partial charge on any atom is -0.345 e. The van der Waals surface area contributed by atoms with Gasteiger partial charge in [0.1, 0.15) is 0 Å². The minimum absolute atomic E-state index is 0.0211. The first-order valence-electron chi connectivity index (χ1n) is 11.1. The number of aromatic nitrogens is 4.